The lowest BCUT2D eigenvalue weighted by molar-refractivity contribution is -0.143. The summed E-state index contributed by atoms with van der Waals surface area (Å²) in [6.07, 6.45) is 8.21. The molecule has 0 amide bonds. The molecule has 4 bridgehead atoms. The van der Waals surface area contributed by atoms with Crippen molar-refractivity contribution in [2.45, 2.75) is 61.8 Å². The predicted octanol–water partition coefficient (Wildman–Crippen LogP) is 4.94. The van der Waals surface area contributed by atoms with Crippen molar-refractivity contribution in [2.75, 3.05) is 32.7 Å². The zero-order valence-electron chi connectivity index (χ0n) is 20.2. The summed E-state index contributed by atoms with van der Waals surface area (Å²) in [4.78, 5) is 16.6. The fourth-order valence-corrected chi connectivity index (χ4v) is 8.41. The number of fused-ring (bicyclic) bond motifs is 1. The van der Waals surface area contributed by atoms with Gasteiger partial charge in [0.1, 0.15) is 0 Å². The van der Waals surface area contributed by atoms with Crippen molar-refractivity contribution < 1.29 is 9.90 Å². The first-order chi connectivity index (χ1) is 16.6. The molecule has 3 heterocycles. The maximum atomic E-state index is 11.4. The lowest BCUT2D eigenvalue weighted by Gasteiger charge is -2.60. The zero-order valence-corrected chi connectivity index (χ0v) is 20.2. The molecule has 2 saturated carbocycles. The molecule has 3 aliphatic heterocycles. The molecule has 7 rings (SSSR count). The largest absolute Gasteiger partial charge is 0.481 e. The molecule has 2 aliphatic carbocycles. The van der Waals surface area contributed by atoms with Gasteiger partial charge in [0.25, 0.3) is 0 Å². The highest BCUT2D eigenvalue weighted by molar-refractivity contribution is 5.70. The molecule has 5 fully saturated rings. The number of nitrogens with zero attached hydrogens (tertiary/aromatic N) is 2. The van der Waals surface area contributed by atoms with Gasteiger partial charge >= 0.3 is 5.97 Å². The molecule has 3 saturated heterocycles. The normalized spacial score (nSPS) is 35.5. The minimum atomic E-state index is -0.620. The van der Waals surface area contributed by atoms with Gasteiger partial charge in [-0.3, -0.25) is 9.69 Å². The van der Waals surface area contributed by atoms with Crippen LogP contribution in [0.25, 0.3) is 0 Å². The van der Waals surface area contributed by atoms with Gasteiger partial charge < -0.3 is 10.0 Å². The molecular weight excluding hydrogens is 420 g/mol. The number of piperidine rings is 3. The van der Waals surface area contributed by atoms with Crippen LogP contribution >= 0.6 is 0 Å². The molecule has 180 valence electrons. The first-order valence-corrected chi connectivity index (χ1v) is 13.4. The Bertz CT molecular complexity index is 953. The van der Waals surface area contributed by atoms with E-state index in [-0.39, 0.29) is 5.92 Å². The summed E-state index contributed by atoms with van der Waals surface area (Å²) in [5.74, 6) is -0.126. The van der Waals surface area contributed by atoms with Crippen LogP contribution in [0, 0.1) is 11.8 Å². The van der Waals surface area contributed by atoms with Gasteiger partial charge in [-0.2, -0.15) is 0 Å². The number of carboxylic acids is 1. The fraction of sp³-hybridized carbons (Fsp3) is 0.567. The Morgan fingerprint density at radius 1 is 0.882 bits per heavy atom. The number of hydrogen-bond acceptors (Lipinski definition) is 3. The average Bonchev–Trinajstić information content (AvgIpc) is 3.11. The third-order valence-electron chi connectivity index (χ3n) is 9.96. The first-order valence-electron chi connectivity index (χ1n) is 13.4. The van der Waals surface area contributed by atoms with E-state index in [1.807, 2.05) is 0 Å². The Balaban J connectivity index is 1.19. The fourth-order valence-electron chi connectivity index (χ4n) is 8.41. The van der Waals surface area contributed by atoms with E-state index < -0.39 is 5.97 Å². The summed E-state index contributed by atoms with van der Waals surface area (Å²) in [5.41, 5.74) is 3.77. The van der Waals surface area contributed by atoms with E-state index in [9.17, 15) is 9.90 Å². The van der Waals surface area contributed by atoms with Gasteiger partial charge in [-0.25, -0.2) is 0 Å². The van der Waals surface area contributed by atoms with Gasteiger partial charge in [-0.05, 0) is 81.6 Å². The smallest absolute Gasteiger partial charge is 0.307 e. The third-order valence-corrected chi connectivity index (χ3v) is 9.96. The summed E-state index contributed by atoms with van der Waals surface area (Å²) in [6.45, 7) is 5.17. The minimum absolute atomic E-state index is 0.174. The maximum Gasteiger partial charge on any atom is 0.307 e. The number of carbonyl (C=O) groups is 1. The van der Waals surface area contributed by atoms with Gasteiger partial charge in [0.2, 0.25) is 0 Å². The van der Waals surface area contributed by atoms with Gasteiger partial charge in [-0.1, -0.05) is 60.7 Å². The third kappa shape index (κ3) is 3.61. The Hall–Kier alpha value is -2.17. The van der Waals surface area contributed by atoms with E-state index in [0.717, 1.165) is 45.4 Å². The molecular formula is C30H38N2O2. The molecule has 4 nitrogen and oxygen atoms in total. The van der Waals surface area contributed by atoms with Crippen molar-refractivity contribution in [2.24, 2.45) is 11.8 Å². The van der Waals surface area contributed by atoms with E-state index >= 15 is 0 Å². The zero-order chi connectivity index (χ0) is 23.2. The highest BCUT2D eigenvalue weighted by Gasteiger charge is 2.66. The SMILES string of the molecule is O=C(O)C1CCCN(CCCN2CC3C4(c5ccccc5)CCC3(c3ccccc3)CC2C4)C1. The number of carboxylic acid groups (broad SMARTS) is 1. The van der Waals surface area contributed by atoms with E-state index in [4.69, 9.17) is 0 Å². The second kappa shape index (κ2) is 8.80. The van der Waals surface area contributed by atoms with Crippen molar-refractivity contribution in [3.05, 3.63) is 71.8 Å². The summed E-state index contributed by atoms with van der Waals surface area (Å²) in [5, 5.41) is 9.41. The van der Waals surface area contributed by atoms with Crippen LogP contribution < -0.4 is 0 Å². The molecule has 0 aromatic heterocycles. The van der Waals surface area contributed by atoms with Crippen LogP contribution in [0.5, 0.6) is 0 Å². The van der Waals surface area contributed by atoms with E-state index in [2.05, 4.69) is 70.5 Å². The van der Waals surface area contributed by atoms with Crippen molar-refractivity contribution in [1.82, 2.24) is 9.80 Å². The molecule has 5 aliphatic rings. The predicted molar refractivity (Wildman–Crippen MR) is 135 cm³/mol. The number of benzene rings is 2. The lowest BCUT2D eigenvalue weighted by atomic mass is 9.52. The van der Waals surface area contributed by atoms with E-state index in [1.54, 1.807) is 11.1 Å². The number of aliphatic carboxylic acids is 1. The Morgan fingerprint density at radius 2 is 1.50 bits per heavy atom. The molecule has 34 heavy (non-hydrogen) atoms. The first kappa shape index (κ1) is 22.3. The van der Waals surface area contributed by atoms with Crippen molar-refractivity contribution in [1.29, 1.82) is 0 Å². The van der Waals surface area contributed by atoms with Gasteiger partial charge in [0, 0.05) is 30.0 Å². The van der Waals surface area contributed by atoms with Gasteiger partial charge in [-0.15, -0.1) is 0 Å². The van der Waals surface area contributed by atoms with Crippen LogP contribution in [-0.4, -0.2) is 59.6 Å². The second-order valence-electron chi connectivity index (χ2n) is 11.5. The maximum absolute atomic E-state index is 11.4. The molecule has 1 N–H and O–H groups in total. The van der Waals surface area contributed by atoms with Crippen LogP contribution in [-0.2, 0) is 15.6 Å². The standard InChI is InChI=1S/C30H38N2O2/c33-28(34)23-9-7-16-31(21-23)17-8-18-32-22-27-29(24-10-3-1-4-11-24)14-15-30(27,20-26(32)19-29)25-12-5-2-6-13-25/h1-6,10-13,23,26-27H,7-9,14-22H2,(H,33,34). The van der Waals surface area contributed by atoms with Crippen LogP contribution in [0.1, 0.15) is 56.1 Å². The molecule has 4 heteroatoms. The topological polar surface area (TPSA) is 43.8 Å². The Morgan fingerprint density at radius 3 is 2.06 bits per heavy atom. The average molecular weight is 459 g/mol. The van der Waals surface area contributed by atoms with Crippen LogP contribution in [0.15, 0.2) is 60.7 Å². The molecule has 3 unspecified atom stereocenters. The van der Waals surface area contributed by atoms with Crippen molar-refractivity contribution in [3.8, 4) is 0 Å². The van der Waals surface area contributed by atoms with Gasteiger partial charge in [0.15, 0.2) is 0 Å². The summed E-state index contributed by atoms with van der Waals surface area (Å²) in [6, 6.07) is 23.4. The molecule has 0 spiro atoms. The number of rotatable bonds is 7. The minimum Gasteiger partial charge on any atom is -0.481 e. The molecule has 3 atom stereocenters. The van der Waals surface area contributed by atoms with Gasteiger partial charge in [0.05, 0.1) is 5.92 Å². The van der Waals surface area contributed by atoms with Crippen LogP contribution in [0.3, 0.4) is 0 Å². The van der Waals surface area contributed by atoms with Crippen LogP contribution in [0.4, 0.5) is 0 Å². The number of likely N-dealkylation sites (tertiary alicyclic amines) is 1. The summed E-state index contributed by atoms with van der Waals surface area (Å²) in [7, 11) is 0. The Kier molecular flexibility index (Phi) is 5.77. The van der Waals surface area contributed by atoms with Crippen LogP contribution in [0.2, 0.25) is 0 Å². The second-order valence-corrected chi connectivity index (χ2v) is 11.5. The summed E-state index contributed by atoms with van der Waals surface area (Å²) < 4.78 is 0. The highest BCUT2D eigenvalue weighted by atomic mass is 16.4. The van der Waals surface area contributed by atoms with E-state index in [0.29, 0.717) is 22.8 Å². The highest BCUT2D eigenvalue weighted by Crippen LogP contribution is 2.67. The van der Waals surface area contributed by atoms with Crippen molar-refractivity contribution in [3.63, 3.8) is 0 Å². The monoisotopic (exact) mass is 458 g/mol. The summed E-state index contributed by atoms with van der Waals surface area (Å²) >= 11 is 0. The molecule has 0 radical (unpaired) electrons. The number of hydrogen-bond donors (Lipinski definition) is 1. The quantitative estimate of drug-likeness (QED) is 0.638. The van der Waals surface area contributed by atoms with E-state index in [1.165, 1.54) is 32.2 Å². The van der Waals surface area contributed by atoms with Crippen molar-refractivity contribution >= 4 is 5.97 Å². The Labute approximate surface area is 204 Å². The molecule has 2 aromatic rings. The lowest BCUT2D eigenvalue weighted by Crippen LogP contribution is -2.64. The molecule has 2 aromatic carbocycles.